The summed E-state index contributed by atoms with van der Waals surface area (Å²) in [6.45, 7) is 0.133. The summed E-state index contributed by atoms with van der Waals surface area (Å²) in [6.07, 6.45) is 2.20. The van der Waals surface area contributed by atoms with E-state index < -0.39 is 18.0 Å². The van der Waals surface area contributed by atoms with Crippen molar-refractivity contribution in [3.05, 3.63) is 47.5 Å². The second kappa shape index (κ2) is 6.24. The number of amides is 1. The Labute approximate surface area is 133 Å². The summed E-state index contributed by atoms with van der Waals surface area (Å²) in [5, 5.41) is 0. The van der Waals surface area contributed by atoms with Crippen molar-refractivity contribution in [1.29, 1.82) is 0 Å². The van der Waals surface area contributed by atoms with Gasteiger partial charge in [-0.3, -0.25) is 4.79 Å². The van der Waals surface area contributed by atoms with Crippen LogP contribution in [0.2, 0.25) is 0 Å². The fraction of sp³-hybridized carbons (Fsp3) is 0.353. The van der Waals surface area contributed by atoms with Crippen LogP contribution in [-0.4, -0.2) is 41.9 Å². The highest BCUT2D eigenvalue weighted by Gasteiger charge is 2.52. The van der Waals surface area contributed by atoms with E-state index in [1.54, 1.807) is 0 Å². The van der Waals surface area contributed by atoms with E-state index in [0.717, 1.165) is 5.56 Å². The number of hydrogen-bond donors (Lipinski definition) is 0. The number of carbonyl (C=O) groups is 3. The van der Waals surface area contributed by atoms with E-state index in [0.29, 0.717) is 18.4 Å². The van der Waals surface area contributed by atoms with Gasteiger partial charge in [0, 0.05) is 18.5 Å². The van der Waals surface area contributed by atoms with E-state index in [9.17, 15) is 14.4 Å². The Morgan fingerprint density at radius 3 is 2.65 bits per heavy atom. The number of hydrogen-bond acceptors (Lipinski definition) is 5. The molecular weight excluding hydrogens is 298 g/mol. The number of nitrogens with zero attached hydrogens (tertiary/aromatic N) is 1. The van der Waals surface area contributed by atoms with E-state index in [1.807, 2.05) is 30.3 Å². The van der Waals surface area contributed by atoms with E-state index in [-0.39, 0.29) is 18.6 Å². The second-order valence-electron chi connectivity index (χ2n) is 5.60. The Morgan fingerprint density at radius 2 is 2.00 bits per heavy atom. The Bertz CT molecular complexity index is 667. The lowest BCUT2D eigenvalue weighted by Gasteiger charge is -2.37. The quantitative estimate of drug-likeness (QED) is 0.474. The summed E-state index contributed by atoms with van der Waals surface area (Å²) in [5.74, 6) is -1.14. The van der Waals surface area contributed by atoms with Crippen LogP contribution in [0.3, 0.4) is 0 Å². The molecule has 2 atom stereocenters. The van der Waals surface area contributed by atoms with Crippen LogP contribution in [-0.2, 0) is 30.5 Å². The molecule has 0 spiro atoms. The summed E-state index contributed by atoms with van der Waals surface area (Å²) >= 11 is 0. The molecule has 0 unspecified atom stereocenters. The van der Waals surface area contributed by atoms with Gasteiger partial charge in [-0.25, -0.2) is 9.59 Å². The molecule has 3 rings (SSSR count). The summed E-state index contributed by atoms with van der Waals surface area (Å²) in [6, 6.07) is 8.46. The summed E-state index contributed by atoms with van der Waals surface area (Å²) in [7, 11) is 1.27. The Kier molecular flexibility index (Phi) is 4.14. The predicted molar refractivity (Wildman–Crippen MR) is 80.0 cm³/mol. The van der Waals surface area contributed by atoms with E-state index in [1.165, 1.54) is 18.1 Å². The summed E-state index contributed by atoms with van der Waals surface area (Å²) in [5.41, 5.74) is 1.44. The topological polar surface area (TPSA) is 72.9 Å². The average Bonchev–Trinajstić information content (AvgIpc) is 2.85. The lowest BCUT2D eigenvalue weighted by molar-refractivity contribution is -0.160. The van der Waals surface area contributed by atoms with Crippen molar-refractivity contribution in [2.24, 2.45) is 0 Å². The number of β-lactam (4-membered cyclic amide) rings is 1. The first-order chi connectivity index (χ1) is 11.1. The number of esters is 2. The van der Waals surface area contributed by atoms with Gasteiger partial charge in [-0.15, -0.1) is 0 Å². The average molecular weight is 315 g/mol. The third kappa shape index (κ3) is 2.97. The Balaban J connectivity index is 1.74. The Hall–Kier alpha value is -2.63. The van der Waals surface area contributed by atoms with Crippen molar-refractivity contribution in [2.75, 3.05) is 7.11 Å². The molecule has 0 aromatic heterocycles. The fourth-order valence-corrected chi connectivity index (χ4v) is 3.00. The van der Waals surface area contributed by atoms with E-state index in [4.69, 9.17) is 4.74 Å². The normalized spacial score (nSPS) is 24.1. The molecule has 0 N–H and O–H groups in total. The maximum Gasteiger partial charge on any atom is 0.333 e. The van der Waals surface area contributed by atoms with Gasteiger partial charge in [-0.05, 0) is 17.6 Å². The third-order valence-electron chi connectivity index (χ3n) is 4.14. The summed E-state index contributed by atoms with van der Waals surface area (Å²) in [4.78, 5) is 37.2. The third-order valence-corrected chi connectivity index (χ3v) is 4.14. The van der Waals surface area contributed by atoms with Crippen LogP contribution < -0.4 is 0 Å². The number of rotatable bonds is 4. The molecule has 0 radical (unpaired) electrons. The highest BCUT2D eigenvalue weighted by molar-refractivity contribution is 5.95. The van der Waals surface area contributed by atoms with Gasteiger partial charge in [0.25, 0.3) is 0 Å². The SMILES string of the molecule is COC(=O)/C=C1\C[C@@H]2CC(=O)N2[C@H]1C(=O)OCc1ccccc1. The minimum Gasteiger partial charge on any atom is -0.466 e. The van der Waals surface area contributed by atoms with Gasteiger partial charge in [0.2, 0.25) is 5.91 Å². The van der Waals surface area contributed by atoms with Crippen molar-refractivity contribution in [3.63, 3.8) is 0 Å². The first kappa shape index (κ1) is 15.3. The van der Waals surface area contributed by atoms with Gasteiger partial charge in [-0.2, -0.15) is 0 Å². The first-order valence-electron chi connectivity index (χ1n) is 7.40. The maximum absolute atomic E-state index is 12.4. The van der Waals surface area contributed by atoms with Crippen molar-refractivity contribution in [1.82, 2.24) is 4.90 Å². The minimum atomic E-state index is -0.816. The number of ether oxygens (including phenoxy) is 2. The molecule has 6 nitrogen and oxygen atoms in total. The zero-order valence-corrected chi connectivity index (χ0v) is 12.7. The monoisotopic (exact) mass is 315 g/mol. The van der Waals surface area contributed by atoms with Crippen molar-refractivity contribution in [3.8, 4) is 0 Å². The van der Waals surface area contributed by atoms with Crippen molar-refractivity contribution >= 4 is 17.8 Å². The molecule has 0 aliphatic carbocycles. The zero-order chi connectivity index (χ0) is 16.4. The second-order valence-corrected chi connectivity index (χ2v) is 5.60. The van der Waals surface area contributed by atoms with Gasteiger partial charge in [-0.1, -0.05) is 30.3 Å². The molecule has 2 heterocycles. The molecular formula is C17H17NO5. The van der Waals surface area contributed by atoms with Gasteiger partial charge >= 0.3 is 11.9 Å². The van der Waals surface area contributed by atoms with Crippen molar-refractivity contribution < 1.29 is 23.9 Å². The van der Waals surface area contributed by atoms with Gasteiger partial charge in [0.1, 0.15) is 6.61 Å². The number of fused-ring (bicyclic) bond motifs is 1. The molecule has 0 bridgehead atoms. The van der Waals surface area contributed by atoms with Gasteiger partial charge in [0.05, 0.1) is 7.11 Å². The smallest absolute Gasteiger partial charge is 0.333 e. The van der Waals surface area contributed by atoms with Crippen LogP contribution in [0.1, 0.15) is 18.4 Å². The van der Waals surface area contributed by atoms with Crippen molar-refractivity contribution in [2.45, 2.75) is 31.5 Å². The van der Waals surface area contributed by atoms with Crippen LogP contribution in [0, 0.1) is 0 Å². The fourth-order valence-electron chi connectivity index (χ4n) is 3.00. The zero-order valence-electron chi connectivity index (χ0n) is 12.7. The minimum absolute atomic E-state index is 0.0207. The van der Waals surface area contributed by atoms with Crippen LogP contribution in [0.15, 0.2) is 42.0 Å². The molecule has 6 heteroatoms. The number of methoxy groups -OCH3 is 1. The van der Waals surface area contributed by atoms with E-state index in [2.05, 4.69) is 4.74 Å². The molecule has 0 saturated carbocycles. The highest BCUT2D eigenvalue weighted by atomic mass is 16.5. The predicted octanol–water partition coefficient (Wildman–Crippen LogP) is 1.20. The number of benzene rings is 1. The molecule has 2 saturated heterocycles. The molecule has 2 aliphatic heterocycles. The van der Waals surface area contributed by atoms with Crippen LogP contribution in [0.4, 0.5) is 0 Å². The molecule has 2 fully saturated rings. The molecule has 23 heavy (non-hydrogen) atoms. The number of carbonyl (C=O) groups excluding carboxylic acids is 3. The first-order valence-corrected chi connectivity index (χ1v) is 7.40. The molecule has 1 aromatic carbocycles. The maximum atomic E-state index is 12.4. The van der Waals surface area contributed by atoms with Gasteiger partial charge in [0.15, 0.2) is 6.04 Å². The largest absolute Gasteiger partial charge is 0.466 e. The summed E-state index contributed by atoms with van der Waals surface area (Å²) < 4.78 is 9.95. The highest BCUT2D eigenvalue weighted by Crippen LogP contribution is 2.39. The van der Waals surface area contributed by atoms with E-state index >= 15 is 0 Å². The molecule has 120 valence electrons. The van der Waals surface area contributed by atoms with Crippen LogP contribution >= 0.6 is 0 Å². The molecule has 1 amide bonds. The standard InChI is InChI=1S/C17H17NO5/c1-22-15(20)8-12-7-13-9-14(19)18(13)16(12)17(21)23-10-11-5-3-2-4-6-11/h2-6,8,13,16H,7,9-10H2,1H3/b12-8+/t13-,16-/m1/s1. The van der Waals surface area contributed by atoms with Crippen LogP contribution in [0.5, 0.6) is 0 Å². The molecule has 2 aliphatic rings. The molecule has 1 aromatic rings. The lowest BCUT2D eigenvalue weighted by atomic mass is 10.0. The van der Waals surface area contributed by atoms with Gasteiger partial charge < -0.3 is 14.4 Å². The van der Waals surface area contributed by atoms with Crippen LogP contribution in [0.25, 0.3) is 0 Å². The lowest BCUT2D eigenvalue weighted by Crippen LogP contribution is -2.54. The Morgan fingerprint density at radius 1 is 1.26 bits per heavy atom.